The maximum atomic E-state index is 11.7. The normalized spacial score (nSPS) is 11.6. The van der Waals surface area contributed by atoms with E-state index in [4.69, 9.17) is 9.84 Å². The van der Waals surface area contributed by atoms with Crippen molar-refractivity contribution in [1.29, 1.82) is 0 Å². The fourth-order valence-corrected chi connectivity index (χ4v) is 2.55. The summed E-state index contributed by atoms with van der Waals surface area (Å²) in [6.07, 6.45) is 2.77. The maximum Gasteiger partial charge on any atom is 0.242 e. The molecule has 0 saturated heterocycles. The Morgan fingerprint density at radius 2 is 2.18 bits per heavy atom. The van der Waals surface area contributed by atoms with E-state index in [0.29, 0.717) is 4.47 Å². The Labute approximate surface area is 108 Å². The van der Waals surface area contributed by atoms with Crippen LogP contribution in [0.2, 0.25) is 0 Å². The SMILES string of the molecule is O=S(=O)(NCCOCCO)c1cncc(Br)c1. The number of halogens is 1. The molecule has 0 fully saturated rings. The van der Waals surface area contributed by atoms with Crippen molar-refractivity contribution in [2.75, 3.05) is 26.4 Å². The molecule has 1 aromatic rings. The smallest absolute Gasteiger partial charge is 0.242 e. The summed E-state index contributed by atoms with van der Waals surface area (Å²) in [5.41, 5.74) is 0. The number of ether oxygens (including phenoxy) is 1. The molecule has 6 nitrogen and oxygen atoms in total. The number of hydrogen-bond acceptors (Lipinski definition) is 5. The molecule has 2 N–H and O–H groups in total. The molecule has 1 heterocycles. The van der Waals surface area contributed by atoms with Crippen molar-refractivity contribution >= 4 is 26.0 Å². The minimum atomic E-state index is -3.55. The second-order valence-electron chi connectivity index (χ2n) is 3.07. The number of nitrogens with zero attached hydrogens (tertiary/aromatic N) is 1. The van der Waals surface area contributed by atoms with E-state index < -0.39 is 10.0 Å². The number of aliphatic hydroxyl groups is 1. The lowest BCUT2D eigenvalue weighted by Gasteiger charge is -2.06. The molecular weight excluding hydrogens is 312 g/mol. The highest BCUT2D eigenvalue weighted by Crippen LogP contribution is 2.13. The predicted octanol–water partition coefficient (Wildman–Crippen LogP) is 0.131. The Hall–Kier alpha value is -0.540. The van der Waals surface area contributed by atoms with Gasteiger partial charge in [0.2, 0.25) is 10.0 Å². The largest absolute Gasteiger partial charge is 0.394 e. The van der Waals surface area contributed by atoms with Crippen molar-refractivity contribution in [3.05, 3.63) is 22.9 Å². The van der Waals surface area contributed by atoms with Gasteiger partial charge in [0.05, 0.1) is 19.8 Å². The Kier molecular flexibility index (Phi) is 6.00. The Morgan fingerprint density at radius 3 is 2.82 bits per heavy atom. The summed E-state index contributed by atoms with van der Waals surface area (Å²) in [5.74, 6) is 0. The molecule has 0 amide bonds. The molecule has 1 aromatic heterocycles. The van der Waals surface area contributed by atoms with Gasteiger partial charge in [-0.25, -0.2) is 13.1 Å². The second-order valence-corrected chi connectivity index (χ2v) is 5.76. The average Bonchev–Trinajstić information content (AvgIpc) is 2.29. The molecule has 0 aliphatic heterocycles. The highest BCUT2D eigenvalue weighted by atomic mass is 79.9. The first-order chi connectivity index (χ1) is 8.06. The van der Waals surface area contributed by atoms with E-state index in [2.05, 4.69) is 25.6 Å². The van der Waals surface area contributed by atoms with Crippen LogP contribution in [0.15, 0.2) is 27.8 Å². The van der Waals surface area contributed by atoms with Gasteiger partial charge < -0.3 is 9.84 Å². The molecule has 0 saturated carbocycles. The molecule has 96 valence electrons. The summed E-state index contributed by atoms with van der Waals surface area (Å²) in [4.78, 5) is 3.87. The van der Waals surface area contributed by atoms with Crippen LogP contribution in [-0.4, -0.2) is 44.9 Å². The van der Waals surface area contributed by atoms with Crippen molar-refractivity contribution < 1.29 is 18.3 Å². The molecule has 0 radical (unpaired) electrons. The van der Waals surface area contributed by atoms with Gasteiger partial charge in [0, 0.05) is 23.4 Å². The molecule has 8 heteroatoms. The zero-order valence-electron chi connectivity index (χ0n) is 8.97. The number of hydrogen-bond donors (Lipinski definition) is 2. The van der Waals surface area contributed by atoms with Crippen molar-refractivity contribution in [3.8, 4) is 0 Å². The van der Waals surface area contributed by atoms with Crippen LogP contribution in [0.3, 0.4) is 0 Å². The fraction of sp³-hybridized carbons (Fsp3) is 0.444. The number of aliphatic hydroxyl groups excluding tert-OH is 1. The fourth-order valence-electron chi connectivity index (χ4n) is 1.04. The topological polar surface area (TPSA) is 88.5 Å². The van der Waals surface area contributed by atoms with E-state index >= 15 is 0 Å². The molecule has 0 unspecified atom stereocenters. The lowest BCUT2D eigenvalue weighted by atomic mass is 10.5. The third-order valence-electron chi connectivity index (χ3n) is 1.76. The summed E-state index contributed by atoms with van der Waals surface area (Å²) in [6.45, 7) is 0.471. The van der Waals surface area contributed by atoms with E-state index in [1.807, 2.05) is 0 Å². The Bertz CT molecular complexity index is 452. The molecule has 0 aromatic carbocycles. The molecule has 0 aliphatic rings. The number of nitrogens with one attached hydrogen (secondary N) is 1. The van der Waals surface area contributed by atoms with Gasteiger partial charge >= 0.3 is 0 Å². The zero-order chi connectivity index (χ0) is 12.7. The van der Waals surface area contributed by atoms with Gasteiger partial charge in [-0.1, -0.05) is 0 Å². The van der Waals surface area contributed by atoms with E-state index in [1.165, 1.54) is 18.5 Å². The van der Waals surface area contributed by atoms with Gasteiger partial charge in [-0.15, -0.1) is 0 Å². The summed E-state index contributed by atoms with van der Waals surface area (Å²) in [5, 5.41) is 8.46. The third-order valence-corrected chi connectivity index (χ3v) is 3.63. The van der Waals surface area contributed by atoms with E-state index in [9.17, 15) is 8.42 Å². The van der Waals surface area contributed by atoms with Crippen molar-refractivity contribution in [2.45, 2.75) is 4.90 Å². The van der Waals surface area contributed by atoms with Gasteiger partial charge in [-0.3, -0.25) is 4.98 Å². The van der Waals surface area contributed by atoms with E-state index in [1.54, 1.807) is 0 Å². The summed E-state index contributed by atoms with van der Waals surface area (Å²) >= 11 is 3.15. The Morgan fingerprint density at radius 1 is 1.41 bits per heavy atom. The van der Waals surface area contributed by atoms with E-state index in [0.717, 1.165) is 0 Å². The quantitative estimate of drug-likeness (QED) is 0.696. The maximum absolute atomic E-state index is 11.7. The molecule has 0 aliphatic carbocycles. The average molecular weight is 325 g/mol. The third kappa shape index (κ3) is 5.09. The molecular formula is C9H13BrN2O4S. The molecule has 0 bridgehead atoms. The summed E-state index contributed by atoms with van der Waals surface area (Å²) < 4.78 is 31.4. The van der Waals surface area contributed by atoms with Crippen LogP contribution in [0.1, 0.15) is 0 Å². The highest BCUT2D eigenvalue weighted by molar-refractivity contribution is 9.10. The predicted molar refractivity (Wildman–Crippen MR) is 65.0 cm³/mol. The first kappa shape index (κ1) is 14.5. The van der Waals surface area contributed by atoms with Crippen molar-refractivity contribution in [1.82, 2.24) is 9.71 Å². The van der Waals surface area contributed by atoms with Crippen LogP contribution in [0.5, 0.6) is 0 Å². The highest BCUT2D eigenvalue weighted by Gasteiger charge is 2.13. The lowest BCUT2D eigenvalue weighted by molar-refractivity contribution is 0.0961. The van der Waals surface area contributed by atoms with Crippen LogP contribution in [0.4, 0.5) is 0 Å². The summed E-state index contributed by atoms with van der Waals surface area (Å²) in [7, 11) is -3.55. The molecule has 0 atom stereocenters. The standard InChI is InChI=1S/C9H13BrN2O4S/c10-8-5-9(7-11-6-8)17(14,15)12-1-3-16-4-2-13/h5-7,12-13H,1-4H2. The molecule has 17 heavy (non-hydrogen) atoms. The zero-order valence-corrected chi connectivity index (χ0v) is 11.4. The first-order valence-corrected chi connectivity index (χ1v) is 7.12. The van der Waals surface area contributed by atoms with Crippen LogP contribution >= 0.6 is 15.9 Å². The molecule has 0 spiro atoms. The van der Waals surface area contributed by atoms with Gasteiger partial charge in [0.25, 0.3) is 0 Å². The van der Waals surface area contributed by atoms with Crippen LogP contribution in [0, 0.1) is 0 Å². The second kappa shape index (κ2) is 7.02. The van der Waals surface area contributed by atoms with Gasteiger partial charge in [-0.2, -0.15) is 0 Å². The van der Waals surface area contributed by atoms with Crippen molar-refractivity contribution in [3.63, 3.8) is 0 Å². The summed E-state index contributed by atoms with van der Waals surface area (Å²) in [6, 6.07) is 1.46. The number of aromatic nitrogens is 1. The number of rotatable bonds is 7. The van der Waals surface area contributed by atoms with Gasteiger partial charge in [0.1, 0.15) is 4.90 Å². The number of pyridine rings is 1. The lowest BCUT2D eigenvalue weighted by Crippen LogP contribution is -2.27. The minimum absolute atomic E-state index is 0.0810. The van der Waals surface area contributed by atoms with Crippen LogP contribution < -0.4 is 4.72 Å². The Balaban J connectivity index is 2.51. The van der Waals surface area contributed by atoms with Crippen LogP contribution in [0.25, 0.3) is 0 Å². The van der Waals surface area contributed by atoms with Crippen molar-refractivity contribution in [2.24, 2.45) is 0 Å². The molecule has 1 rings (SSSR count). The monoisotopic (exact) mass is 324 g/mol. The minimum Gasteiger partial charge on any atom is -0.394 e. The number of sulfonamides is 1. The first-order valence-electron chi connectivity index (χ1n) is 4.85. The van der Waals surface area contributed by atoms with Gasteiger partial charge in [0.15, 0.2) is 0 Å². The van der Waals surface area contributed by atoms with Crippen LogP contribution in [-0.2, 0) is 14.8 Å². The van der Waals surface area contributed by atoms with Gasteiger partial charge in [-0.05, 0) is 22.0 Å². The van der Waals surface area contributed by atoms with E-state index in [-0.39, 0.29) is 31.3 Å².